The smallest absolute Gasteiger partial charge is 0.266 e. The van der Waals surface area contributed by atoms with E-state index in [1.54, 1.807) is 13.2 Å². The van der Waals surface area contributed by atoms with Crippen molar-refractivity contribution in [3.05, 3.63) is 41.0 Å². The summed E-state index contributed by atoms with van der Waals surface area (Å²) in [6, 6.07) is 6.81. The van der Waals surface area contributed by atoms with Crippen LogP contribution in [0.4, 0.5) is 0 Å². The van der Waals surface area contributed by atoms with E-state index in [2.05, 4.69) is 10.3 Å². The normalized spacial score (nSPS) is 21.6. The number of aryl methyl sites for hydroxylation is 1. The van der Waals surface area contributed by atoms with Crippen LogP contribution in [0.25, 0.3) is 10.4 Å². The molecule has 0 amide bonds. The van der Waals surface area contributed by atoms with E-state index in [0.717, 1.165) is 21.0 Å². The summed E-state index contributed by atoms with van der Waals surface area (Å²) in [6.45, 7) is 1.91. The maximum atomic E-state index is 12.1. The summed E-state index contributed by atoms with van der Waals surface area (Å²) in [5.74, 6) is -2.89. The van der Waals surface area contributed by atoms with E-state index in [-0.39, 0.29) is 0 Å². The quantitative estimate of drug-likeness (QED) is 0.869. The number of thiophene rings is 1. The van der Waals surface area contributed by atoms with E-state index in [0.29, 0.717) is 0 Å². The molecule has 6 heteroatoms. The van der Waals surface area contributed by atoms with Gasteiger partial charge in [-0.15, -0.1) is 11.3 Å². The van der Waals surface area contributed by atoms with Crippen LogP contribution in [0.15, 0.2) is 30.5 Å². The Kier molecular flexibility index (Phi) is 3.72. The third kappa shape index (κ3) is 2.30. The predicted octanol–water partition coefficient (Wildman–Crippen LogP) is 1.51. The van der Waals surface area contributed by atoms with Crippen LogP contribution in [0.2, 0.25) is 0 Å². The van der Waals surface area contributed by atoms with Gasteiger partial charge in [-0.2, -0.15) is 0 Å². The van der Waals surface area contributed by atoms with Crippen LogP contribution in [0, 0.1) is 6.92 Å². The molecular formula is C16H14N2O3S. The molecule has 2 aromatic heterocycles. The van der Waals surface area contributed by atoms with Crippen LogP contribution in [0.3, 0.4) is 0 Å². The zero-order valence-electron chi connectivity index (χ0n) is 12.1. The lowest BCUT2D eigenvalue weighted by atomic mass is 10.0. The van der Waals surface area contributed by atoms with Crippen molar-refractivity contribution in [2.24, 2.45) is 0 Å². The fourth-order valence-electron chi connectivity index (χ4n) is 2.67. The van der Waals surface area contributed by atoms with Crippen molar-refractivity contribution in [1.29, 1.82) is 0 Å². The molecule has 1 N–H and O–H groups in total. The zero-order valence-corrected chi connectivity index (χ0v) is 12.9. The fourth-order valence-corrected chi connectivity index (χ4v) is 3.81. The van der Waals surface area contributed by atoms with Gasteiger partial charge in [-0.1, -0.05) is 0 Å². The van der Waals surface area contributed by atoms with Gasteiger partial charge in [0, 0.05) is 21.6 Å². The lowest BCUT2D eigenvalue weighted by Crippen LogP contribution is -2.35. The minimum atomic E-state index is -0.904. The SMILES string of the molecule is CNC1C(=O)C(=O)C(=O)C1c1ccc(-c2ccnc(C)c2)s1. The molecular weight excluding hydrogens is 300 g/mol. The fraction of sp³-hybridized carbons (Fsp3) is 0.250. The maximum absolute atomic E-state index is 12.1. The van der Waals surface area contributed by atoms with Gasteiger partial charge in [0.05, 0.1) is 12.0 Å². The molecule has 2 aromatic rings. The molecule has 1 aliphatic rings. The predicted molar refractivity (Wildman–Crippen MR) is 82.9 cm³/mol. The third-order valence-electron chi connectivity index (χ3n) is 3.77. The number of ketones is 3. The number of nitrogens with zero attached hydrogens (tertiary/aromatic N) is 1. The van der Waals surface area contributed by atoms with E-state index < -0.39 is 29.3 Å². The maximum Gasteiger partial charge on any atom is 0.266 e. The lowest BCUT2D eigenvalue weighted by Gasteiger charge is -2.13. The van der Waals surface area contributed by atoms with Gasteiger partial charge in [-0.25, -0.2) is 0 Å². The van der Waals surface area contributed by atoms with Gasteiger partial charge in [-0.3, -0.25) is 19.4 Å². The van der Waals surface area contributed by atoms with E-state index in [4.69, 9.17) is 0 Å². The highest BCUT2D eigenvalue weighted by molar-refractivity contribution is 7.15. The zero-order chi connectivity index (χ0) is 15.9. The topological polar surface area (TPSA) is 76.1 Å². The van der Waals surface area contributed by atoms with Crippen molar-refractivity contribution in [2.75, 3.05) is 7.05 Å². The summed E-state index contributed by atoms with van der Waals surface area (Å²) >= 11 is 1.43. The number of likely N-dealkylation sites (N-methyl/N-ethyl adjacent to an activating group) is 1. The molecule has 112 valence electrons. The summed E-state index contributed by atoms with van der Waals surface area (Å²) < 4.78 is 0. The van der Waals surface area contributed by atoms with Crippen LogP contribution in [-0.4, -0.2) is 35.4 Å². The molecule has 0 spiro atoms. The number of rotatable bonds is 3. The molecule has 0 aromatic carbocycles. The van der Waals surface area contributed by atoms with E-state index in [9.17, 15) is 14.4 Å². The minimum Gasteiger partial charge on any atom is -0.309 e. The Morgan fingerprint density at radius 2 is 1.91 bits per heavy atom. The van der Waals surface area contributed by atoms with Gasteiger partial charge >= 0.3 is 0 Å². The Morgan fingerprint density at radius 3 is 2.59 bits per heavy atom. The third-order valence-corrected chi connectivity index (χ3v) is 4.99. The molecule has 1 fully saturated rings. The first kappa shape index (κ1) is 14.7. The van der Waals surface area contributed by atoms with Crippen molar-refractivity contribution >= 4 is 28.7 Å². The molecule has 3 rings (SSSR count). The highest BCUT2D eigenvalue weighted by Gasteiger charge is 2.49. The molecule has 2 unspecified atom stereocenters. The number of nitrogens with one attached hydrogen (secondary N) is 1. The van der Waals surface area contributed by atoms with Crippen LogP contribution in [-0.2, 0) is 14.4 Å². The lowest BCUT2D eigenvalue weighted by molar-refractivity contribution is -0.140. The van der Waals surface area contributed by atoms with Crippen molar-refractivity contribution in [3.8, 4) is 10.4 Å². The first-order chi connectivity index (χ1) is 10.5. The van der Waals surface area contributed by atoms with Crippen LogP contribution in [0.5, 0.6) is 0 Å². The molecule has 0 bridgehead atoms. The average molecular weight is 314 g/mol. The van der Waals surface area contributed by atoms with E-state index in [1.165, 1.54) is 11.3 Å². The number of hydrogen-bond donors (Lipinski definition) is 1. The number of Topliss-reactive ketones (excluding diaryl/α,β-unsaturated/α-hetero) is 3. The second-order valence-electron chi connectivity index (χ2n) is 5.19. The van der Waals surface area contributed by atoms with Gasteiger partial charge in [-0.05, 0) is 43.8 Å². The average Bonchev–Trinajstić information content (AvgIpc) is 3.06. The Hall–Kier alpha value is -2.18. The second kappa shape index (κ2) is 5.55. The molecule has 5 nitrogen and oxygen atoms in total. The monoisotopic (exact) mass is 314 g/mol. The van der Waals surface area contributed by atoms with Crippen molar-refractivity contribution in [3.63, 3.8) is 0 Å². The van der Waals surface area contributed by atoms with E-state index >= 15 is 0 Å². The largest absolute Gasteiger partial charge is 0.309 e. The molecule has 22 heavy (non-hydrogen) atoms. The van der Waals surface area contributed by atoms with Gasteiger partial charge in [0.15, 0.2) is 0 Å². The highest BCUT2D eigenvalue weighted by atomic mass is 32.1. The summed E-state index contributed by atoms with van der Waals surface area (Å²) in [7, 11) is 1.59. The van der Waals surface area contributed by atoms with Crippen LogP contribution < -0.4 is 5.32 Å². The Labute approximate surface area is 131 Å². The van der Waals surface area contributed by atoms with Gasteiger partial charge < -0.3 is 5.32 Å². The van der Waals surface area contributed by atoms with Crippen LogP contribution in [0.1, 0.15) is 16.5 Å². The van der Waals surface area contributed by atoms with Gasteiger partial charge in [0.1, 0.15) is 0 Å². The number of hydrogen-bond acceptors (Lipinski definition) is 6. The summed E-state index contributed by atoms with van der Waals surface area (Å²) in [5.41, 5.74) is 1.91. The van der Waals surface area contributed by atoms with Gasteiger partial charge in [0.2, 0.25) is 11.6 Å². The molecule has 0 radical (unpaired) electrons. The molecule has 2 atom stereocenters. The molecule has 0 saturated heterocycles. The molecule has 0 aliphatic heterocycles. The molecule has 2 heterocycles. The summed E-state index contributed by atoms with van der Waals surface area (Å²) in [4.78, 5) is 41.4. The van der Waals surface area contributed by atoms with Crippen molar-refractivity contribution in [1.82, 2.24) is 10.3 Å². The number of pyridine rings is 1. The Bertz CT molecular complexity index is 781. The number of carbonyl (C=O) groups excluding carboxylic acids is 3. The summed E-state index contributed by atoms with van der Waals surface area (Å²) in [5, 5.41) is 2.79. The summed E-state index contributed by atoms with van der Waals surface area (Å²) in [6.07, 6.45) is 1.73. The first-order valence-electron chi connectivity index (χ1n) is 6.85. The highest BCUT2D eigenvalue weighted by Crippen LogP contribution is 2.36. The Morgan fingerprint density at radius 1 is 1.14 bits per heavy atom. The van der Waals surface area contributed by atoms with E-state index in [1.807, 2.05) is 31.2 Å². The molecule has 1 aliphatic carbocycles. The van der Waals surface area contributed by atoms with Crippen molar-refractivity contribution in [2.45, 2.75) is 18.9 Å². The molecule has 1 saturated carbocycles. The number of aromatic nitrogens is 1. The second-order valence-corrected chi connectivity index (χ2v) is 6.30. The standard InChI is InChI=1S/C16H14N2O3S/c1-8-7-9(5-6-18-8)10-3-4-11(22-10)12-13(17-2)15(20)16(21)14(12)19/h3-7,12-13,17H,1-2H3. The number of carbonyl (C=O) groups is 3. The Balaban J connectivity index is 1.98. The van der Waals surface area contributed by atoms with Crippen molar-refractivity contribution < 1.29 is 14.4 Å². The minimum absolute atomic E-state index is 0.622. The van der Waals surface area contributed by atoms with Gasteiger partial charge in [0.25, 0.3) is 5.78 Å². The first-order valence-corrected chi connectivity index (χ1v) is 7.67. The van der Waals surface area contributed by atoms with Crippen LogP contribution >= 0.6 is 11.3 Å².